The SMILES string of the molecule is Cc1ccc(-c2csc3nc(NC(=O)CCc4ncc(-c5ccc(C(C)C)cc5)o4)nn23)cc1. The highest BCUT2D eigenvalue weighted by Crippen LogP contribution is 2.26. The lowest BCUT2D eigenvalue weighted by atomic mass is 10.0. The molecule has 0 aliphatic heterocycles. The van der Waals surface area contributed by atoms with Gasteiger partial charge in [-0.2, -0.15) is 4.98 Å². The van der Waals surface area contributed by atoms with E-state index in [0.717, 1.165) is 21.8 Å². The molecule has 0 atom stereocenters. The molecule has 172 valence electrons. The van der Waals surface area contributed by atoms with Crippen LogP contribution in [0.25, 0.3) is 27.5 Å². The molecule has 5 rings (SSSR count). The number of hydrogen-bond donors (Lipinski definition) is 1. The maximum Gasteiger partial charge on any atom is 0.250 e. The highest BCUT2D eigenvalue weighted by atomic mass is 32.1. The predicted molar refractivity (Wildman–Crippen MR) is 134 cm³/mol. The number of benzene rings is 2. The van der Waals surface area contributed by atoms with Gasteiger partial charge in [0.25, 0.3) is 0 Å². The van der Waals surface area contributed by atoms with Crippen molar-refractivity contribution in [3.8, 4) is 22.6 Å². The Morgan fingerprint density at radius 3 is 2.56 bits per heavy atom. The van der Waals surface area contributed by atoms with E-state index in [1.54, 1.807) is 10.7 Å². The van der Waals surface area contributed by atoms with Gasteiger partial charge in [-0.25, -0.2) is 9.50 Å². The lowest BCUT2D eigenvalue weighted by molar-refractivity contribution is -0.116. The number of rotatable bonds is 7. The third-order valence-corrected chi connectivity index (χ3v) is 6.48. The van der Waals surface area contributed by atoms with Crippen LogP contribution in [0.1, 0.15) is 43.2 Å². The molecular formula is C26H25N5O2S. The Morgan fingerprint density at radius 1 is 1.09 bits per heavy atom. The summed E-state index contributed by atoms with van der Waals surface area (Å²) in [5, 5.41) is 9.28. The number of amides is 1. The van der Waals surface area contributed by atoms with Gasteiger partial charge in [0.15, 0.2) is 11.7 Å². The van der Waals surface area contributed by atoms with Crippen LogP contribution in [-0.4, -0.2) is 25.5 Å². The highest BCUT2D eigenvalue weighted by molar-refractivity contribution is 7.15. The van der Waals surface area contributed by atoms with Crippen LogP contribution in [0.2, 0.25) is 0 Å². The Morgan fingerprint density at radius 2 is 1.82 bits per heavy atom. The maximum atomic E-state index is 12.5. The molecule has 0 fully saturated rings. The zero-order valence-electron chi connectivity index (χ0n) is 19.3. The Bertz CT molecular complexity index is 1430. The molecule has 34 heavy (non-hydrogen) atoms. The van der Waals surface area contributed by atoms with Gasteiger partial charge in [-0.15, -0.1) is 16.4 Å². The minimum Gasteiger partial charge on any atom is -0.441 e. The van der Waals surface area contributed by atoms with Crippen LogP contribution in [-0.2, 0) is 11.2 Å². The van der Waals surface area contributed by atoms with Gasteiger partial charge in [-0.05, 0) is 18.4 Å². The van der Waals surface area contributed by atoms with Crippen molar-refractivity contribution in [3.05, 3.63) is 77.1 Å². The van der Waals surface area contributed by atoms with Crippen molar-refractivity contribution < 1.29 is 9.21 Å². The molecule has 3 aromatic heterocycles. The van der Waals surface area contributed by atoms with Crippen molar-refractivity contribution in [2.75, 3.05) is 5.32 Å². The number of nitrogens with zero attached hydrogens (tertiary/aromatic N) is 4. The highest BCUT2D eigenvalue weighted by Gasteiger charge is 2.15. The van der Waals surface area contributed by atoms with E-state index < -0.39 is 0 Å². The largest absolute Gasteiger partial charge is 0.441 e. The van der Waals surface area contributed by atoms with Gasteiger partial charge in [-0.1, -0.05) is 67.9 Å². The third kappa shape index (κ3) is 4.63. The number of anilines is 1. The van der Waals surface area contributed by atoms with Crippen LogP contribution in [0.15, 0.2) is 64.5 Å². The van der Waals surface area contributed by atoms with Gasteiger partial charge in [0.2, 0.25) is 16.8 Å². The number of nitrogens with one attached hydrogen (secondary N) is 1. The molecule has 0 spiro atoms. The third-order valence-electron chi connectivity index (χ3n) is 5.66. The number of aryl methyl sites for hydroxylation is 2. The first-order valence-electron chi connectivity index (χ1n) is 11.2. The molecule has 0 radical (unpaired) electrons. The number of carbonyl (C=O) groups excluding carboxylic acids is 1. The molecule has 0 saturated carbocycles. The summed E-state index contributed by atoms with van der Waals surface area (Å²) >= 11 is 1.49. The van der Waals surface area contributed by atoms with E-state index in [1.165, 1.54) is 22.5 Å². The molecule has 2 aromatic carbocycles. The summed E-state index contributed by atoms with van der Waals surface area (Å²) in [6.07, 6.45) is 2.33. The average Bonchev–Trinajstić information content (AvgIpc) is 3.55. The summed E-state index contributed by atoms with van der Waals surface area (Å²) in [6, 6.07) is 16.5. The minimum atomic E-state index is -0.184. The lowest BCUT2D eigenvalue weighted by Crippen LogP contribution is -2.13. The second-order valence-corrected chi connectivity index (χ2v) is 9.40. The van der Waals surface area contributed by atoms with E-state index in [0.29, 0.717) is 29.9 Å². The molecule has 8 heteroatoms. The number of fused-ring (bicyclic) bond motifs is 1. The summed E-state index contributed by atoms with van der Waals surface area (Å²) < 4.78 is 7.61. The van der Waals surface area contributed by atoms with Crippen LogP contribution in [0, 0.1) is 6.92 Å². The van der Waals surface area contributed by atoms with Gasteiger partial charge in [0.05, 0.1) is 11.9 Å². The van der Waals surface area contributed by atoms with Crippen molar-refractivity contribution in [2.45, 2.75) is 39.5 Å². The summed E-state index contributed by atoms with van der Waals surface area (Å²) in [5.41, 5.74) is 5.45. The molecule has 0 bridgehead atoms. The van der Waals surface area contributed by atoms with Crippen molar-refractivity contribution in [2.24, 2.45) is 0 Å². The number of aromatic nitrogens is 4. The molecule has 1 N–H and O–H groups in total. The van der Waals surface area contributed by atoms with E-state index in [2.05, 4.69) is 77.6 Å². The maximum absolute atomic E-state index is 12.5. The summed E-state index contributed by atoms with van der Waals surface area (Å²) in [4.78, 5) is 22.0. The zero-order valence-corrected chi connectivity index (χ0v) is 20.1. The molecule has 0 aliphatic carbocycles. The molecule has 7 nitrogen and oxygen atoms in total. The van der Waals surface area contributed by atoms with E-state index >= 15 is 0 Å². The van der Waals surface area contributed by atoms with Crippen molar-refractivity contribution in [1.29, 1.82) is 0 Å². The van der Waals surface area contributed by atoms with Crippen molar-refractivity contribution in [3.63, 3.8) is 0 Å². The van der Waals surface area contributed by atoms with E-state index in [1.807, 2.05) is 17.5 Å². The number of thiazole rings is 1. The molecule has 5 aromatic rings. The quantitative estimate of drug-likeness (QED) is 0.309. The summed E-state index contributed by atoms with van der Waals surface area (Å²) in [6.45, 7) is 6.38. The topological polar surface area (TPSA) is 85.3 Å². The fourth-order valence-electron chi connectivity index (χ4n) is 3.66. The molecular weight excluding hydrogens is 446 g/mol. The fourth-order valence-corrected chi connectivity index (χ4v) is 4.49. The monoisotopic (exact) mass is 471 g/mol. The summed E-state index contributed by atoms with van der Waals surface area (Å²) in [7, 11) is 0. The predicted octanol–water partition coefficient (Wildman–Crippen LogP) is 6.12. The van der Waals surface area contributed by atoms with Crippen LogP contribution in [0.4, 0.5) is 5.95 Å². The van der Waals surface area contributed by atoms with Gasteiger partial charge >= 0.3 is 0 Å². The second-order valence-electron chi connectivity index (χ2n) is 8.56. The standard InChI is InChI=1S/C26H25N5O2S/c1-16(2)18-8-10-20(11-9-18)22-14-27-24(33-22)13-12-23(32)28-25-29-26-31(30-25)21(15-34-26)19-6-4-17(3)5-7-19/h4-11,14-16H,12-13H2,1-3H3,(H,28,30,32). The zero-order chi connectivity index (χ0) is 23.7. The normalized spacial score (nSPS) is 11.4. The molecule has 0 aliphatic rings. The number of hydrogen-bond acceptors (Lipinski definition) is 6. The van der Waals surface area contributed by atoms with E-state index in [9.17, 15) is 4.79 Å². The first-order valence-corrected chi connectivity index (χ1v) is 12.1. The first-order chi connectivity index (χ1) is 16.5. The number of oxazole rings is 1. The molecule has 0 saturated heterocycles. The molecule has 3 heterocycles. The van der Waals surface area contributed by atoms with Crippen LogP contribution in [0.5, 0.6) is 0 Å². The van der Waals surface area contributed by atoms with E-state index in [4.69, 9.17) is 4.42 Å². The van der Waals surface area contributed by atoms with Crippen LogP contribution < -0.4 is 5.32 Å². The fraction of sp³-hybridized carbons (Fsp3) is 0.231. The average molecular weight is 472 g/mol. The smallest absolute Gasteiger partial charge is 0.250 e. The van der Waals surface area contributed by atoms with Crippen LogP contribution in [0.3, 0.4) is 0 Å². The Balaban J connectivity index is 1.21. The molecule has 1 amide bonds. The Kier molecular flexibility index (Phi) is 5.98. The van der Waals surface area contributed by atoms with Gasteiger partial charge in [0, 0.05) is 29.3 Å². The van der Waals surface area contributed by atoms with E-state index in [-0.39, 0.29) is 12.3 Å². The van der Waals surface area contributed by atoms with Gasteiger partial charge in [0.1, 0.15) is 0 Å². The molecule has 0 unspecified atom stereocenters. The first kappa shape index (κ1) is 22.0. The Labute approximate surface area is 201 Å². The minimum absolute atomic E-state index is 0.184. The summed E-state index contributed by atoms with van der Waals surface area (Å²) in [5.74, 6) is 1.82. The Hall–Kier alpha value is -3.78. The number of carbonyl (C=O) groups is 1. The van der Waals surface area contributed by atoms with Crippen LogP contribution >= 0.6 is 11.3 Å². The van der Waals surface area contributed by atoms with Crippen molar-refractivity contribution >= 4 is 28.2 Å². The van der Waals surface area contributed by atoms with Gasteiger partial charge < -0.3 is 4.42 Å². The van der Waals surface area contributed by atoms with Crippen molar-refractivity contribution in [1.82, 2.24) is 19.6 Å². The lowest BCUT2D eigenvalue weighted by Gasteiger charge is -2.05. The second kappa shape index (κ2) is 9.23. The van der Waals surface area contributed by atoms with Gasteiger partial charge in [-0.3, -0.25) is 10.1 Å².